The van der Waals surface area contributed by atoms with E-state index in [1.165, 1.54) is 42.8 Å². The first-order valence-electron chi connectivity index (χ1n) is 11.3. The van der Waals surface area contributed by atoms with Crippen molar-refractivity contribution in [1.82, 2.24) is 4.31 Å². The predicted molar refractivity (Wildman–Crippen MR) is 116 cm³/mol. The third-order valence-electron chi connectivity index (χ3n) is 8.33. The van der Waals surface area contributed by atoms with Crippen LogP contribution in [0.15, 0.2) is 41.3 Å². The maximum Gasteiger partial charge on any atom is 0.243 e. The largest absolute Gasteiger partial charge is 0.507 e. The molecule has 4 bridgehead atoms. The lowest BCUT2D eigenvalue weighted by molar-refractivity contribution is -0.00618. The van der Waals surface area contributed by atoms with E-state index in [0.29, 0.717) is 17.2 Å². The number of sulfonamides is 1. The Morgan fingerprint density at radius 2 is 1.50 bits per heavy atom. The van der Waals surface area contributed by atoms with Crippen molar-refractivity contribution in [2.75, 3.05) is 0 Å². The lowest BCUT2D eigenvalue weighted by atomic mass is 9.48. The lowest BCUT2D eigenvalue weighted by Gasteiger charge is -2.57. The summed E-state index contributed by atoms with van der Waals surface area (Å²) >= 11 is 0. The molecule has 158 valence electrons. The number of nitrogens with zero attached hydrogens (tertiary/aromatic N) is 1. The van der Waals surface area contributed by atoms with E-state index in [9.17, 15) is 13.5 Å². The molecule has 4 fully saturated rings. The zero-order valence-electron chi connectivity index (χ0n) is 17.5. The summed E-state index contributed by atoms with van der Waals surface area (Å²) in [5.74, 6) is 2.79. The molecule has 1 heterocycles. The van der Waals surface area contributed by atoms with Gasteiger partial charge in [0.2, 0.25) is 10.0 Å². The lowest BCUT2D eigenvalue weighted by Crippen LogP contribution is -2.48. The maximum absolute atomic E-state index is 13.2. The van der Waals surface area contributed by atoms with Gasteiger partial charge in [-0.2, -0.15) is 4.31 Å². The van der Waals surface area contributed by atoms with Gasteiger partial charge in [-0.25, -0.2) is 8.42 Å². The first kappa shape index (κ1) is 18.9. The van der Waals surface area contributed by atoms with Gasteiger partial charge >= 0.3 is 0 Å². The highest BCUT2D eigenvalue weighted by molar-refractivity contribution is 7.89. The molecular formula is C25H29NO3S. The van der Waals surface area contributed by atoms with Gasteiger partial charge in [-0.15, -0.1) is 0 Å². The van der Waals surface area contributed by atoms with Crippen LogP contribution in [0.2, 0.25) is 0 Å². The molecular weight excluding hydrogens is 394 g/mol. The number of aromatic hydroxyl groups is 1. The summed E-state index contributed by atoms with van der Waals surface area (Å²) in [4.78, 5) is 0.321. The van der Waals surface area contributed by atoms with E-state index in [1.807, 2.05) is 19.1 Å². The first-order chi connectivity index (χ1) is 14.3. The molecule has 1 N–H and O–H groups in total. The Labute approximate surface area is 179 Å². The van der Waals surface area contributed by atoms with Crippen molar-refractivity contribution < 1.29 is 13.5 Å². The second-order valence-corrected chi connectivity index (χ2v) is 12.3. The normalized spacial score (nSPS) is 32.5. The zero-order chi connectivity index (χ0) is 20.7. The number of benzene rings is 2. The predicted octanol–water partition coefficient (Wildman–Crippen LogP) is 4.87. The van der Waals surface area contributed by atoms with Gasteiger partial charge < -0.3 is 5.11 Å². The second-order valence-electron chi connectivity index (χ2n) is 10.4. The van der Waals surface area contributed by atoms with Crippen molar-refractivity contribution in [3.63, 3.8) is 0 Å². The molecule has 0 radical (unpaired) electrons. The van der Waals surface area contributed by atoms with E-state index < -0.39 is 10.0 Å². The van der Waals surface area contributed by atoms with Gasteiger partial charge in [0.1, 0.15) is 5.75 Å². The van der Waals surface area contributed by atoms with Crippen molar-refractivity contribution in [3.8, 4) is 5.75 Å². The highest BCUT2D eigenvalue weighted by Gasteiger charge is 2.52. The molecule has 30 heavy (non-hydrogen) atoms. The molecule has 7 rings (SSSR count). The van der Waals surface area contributed by atoms with Crippen LogP contribution in [0.1, 0.15) is 60.8 Å². The van der Waals surface area contributed by atoms with E-state index >= 15 is 0 Å². The van der Waals surface area contributed by atoms with Crippen molar-refractivity contribution in [2.24, 2.45) is 17.8 Å². The molecule has 1 aliphatic heterocycles. The molecule has 0 aromatic heterocycles. The second kappa shape index (κ2) is 6.33. The molecule has 0 unspecified atom stereocenters. The highest BCUT2D eigenvalue weighted by Crippen LogP contribution is 2.62. The van der Waals surface area contributed by atoms with Gasteiger partial charge in [0.25, 0.3) is 0 Å². The van der Waals surface area contributed by atoms with Crippen LogP contribution in [-0.2, 0) is 28.5 Å². The van der Waals surface area contributed by atoms with Gasteiger partial charge in [0.05, 0.1) is 4.90 Å². The molecule has 0 saturated heterocycles. The molecule has 5 aliphatic rings. The number of phenolic OH excluding ortho intramolecular Hbond substituents is 1. The van der Waals surface area contributed by atoms with Crippen LogP contribution >= 0.6 is 0 Å². The number of aryl methyl sites for hydroxylation is 1. The fourth-order valence-corrected chi connectivity index (χ4v) is 8.71. The molecule has 2 aromatic carbocycles. The van der Waals surface area contributed by atoms with E-state index in [0.717, 1.165) is 40.0 Å². The topological polar surface area (TPSA) is 57.6 Å². The fraction of sp³-hybridized carbons (Fsp3) is 0.520. The smallest absolute Gasteiger partial charge is 0.243 e. The van der Waals surface area contributed by atoms with Crippen molar-refractivity contribution in [1.29, 1.82) is 0 Å². The minimum absolute atomic E-state index is 0.108. The van der Waals surface area contributed by atoms with Crippen molar-refractivity contribution in [2.45, 2.75) is 68.8 Å². The van der Waals surface area contributed by atoms with Gasteiger partial charge in [0, 0.05) is 24.2 Å². The highest BCUT2D eigenvalue weighted by atomic mass is 32.2. The minimum atomic E-state index is -3.58. The Kier molecular flexibility index (Phi) is 3.99. The molecule has 4 saturated carbocycles. The fourth-order valence-electron chi connectivity index (χ4n) is 7.32. The summed E-state index contributed by atoms with van der Waals surface area (Å²) in [6, 6.07) is 11.2. The Balaban J connectivity index is 1.34. The number of hydrogen-bond acceptors (Lipinski definition) is 3. The standard InChI is InChI=1S/C25H29NO3S/c1-16-2-5-21(6-3-16)30(28,29)26-14-20-4-7-23(24(27)22(20)15-26)25-11-17-8-18(12-25)10-19(9-17)13-25/h2-7,17-19,27H,8-15H2,1H3. The quantitative estimate of drug-likeness (QED) is 0.766. The summed E-state index contributed by atoms with van der Waals surface area (Å²) in [5, 5.41) is 11.3. The van der Waals surface area contributed by atoms with Gasteiger partial charge in [-0.3, -0.25) is 0 Å². The first-order valence-corrected chi connectivity index (χ1v) is 12.7. The van der Waals surface area contributed by atoms with Crippen LogP contribution in [0.3, 0.4) is 0 Å². The monoisotopic (exact) mass is 423 g/mol. The molecule has 2 aromatic rings. The van der Waals surface area contributed by atoms with Crippen LogP contribution in [0, 0.1) is 24.7 Å². The SMILES string of the molecule is Cc1ccc(S(=O)(=O)N2Cc3ccc(C45CC6CC(CC(C6)C4)C5)c(O)c3C2)cc1. The van der Waals surface area contributed by atoms with Crippen LogP contribution in [0.25, 0.3) is 0 Å². The van der Waals surface area contributed by atoms with Crippen LogP contribution in [-0.4, -0.2) is 17.8 Å². The third kappa shape index (κ3) is 2.71. The van der Waals surface area contributed by atoms with E-state index in [1.54, 1.807) is 12.1 Å². The van der Waals surface area contributed by atoms with Gasteiger partial charge in [0.15, 0.2) is 0 Å². The average Bonchev–Trinajstić information content (AvgIpc) is 3.14. The summed E-state index contributed by atoms with van der Waals surface area (Å²) in [6.07, 6.45) is 7.68. The number of rotatable bonds is 3. The average molecular weight is 424 g/mol. The number of fused-ring (bicyclic) bond motifs is 1. The Morgan fingerprint density at radius 3 is 2.10 bits per heavy atom. The summed E-state index contributed by atoms with van der Waals surface area (Å²) in [5.41, 5.74) is 4.00. The summed E-state index contributed by atoms with van der Waals surface area (Å²) < 4.78 is 27.9. The van der Waals surface area contributed by atoms with E-state index in [4.69, 9.17) is 0 Å². The van der Waals surface area contributed by atoms with Gasteiger partial charge in [-0.05, 0) is 86.3 Å². The molecule has 5 heteroatoms. The third-order valence-corrected chi connectivity index (χ3v) is 10.1. The molecule has 4 aliphatic carbocycles. The molecule has 0 amide bonds. The van der Waals surface area contributed by atoms with Crippen molar-refractivity contribution in [3.05, 3.63) is 58.7 Å². The molecule has 4 nitrogen and oxygen atoms in total. The number of hydrogen-bond donors (Lipinski definition) is 1. The summed E-state index contributed by atoms with van der Waals surface area (Å²) in [6.45, 7) is 2.55. The molecule has 0 spiro atoms. The minimum Gasteiger partial charge on any atom is -0.507 e. The Morgan fingerprint density at radius 1 is 0.900 bits per heavy atom. The van der Waals surface area contributed by atoms with Crippen LogP contribution in [0.5, 0.6) is 5.75 Å². The zero-order valence-corrected chi connectivity index (χ0v) is 18.3. The van der Waals surface area contributed by atoms with Gasteiger partial charge in [-0.1, -0.05) is 29.8 Å². The maximum atomic E-state index is 13.2. The van der Waals surface area contributed by atoms with E-state index in [-0.39, 0.29) is 12.0 Å². The van der Waals surface area contributed by atoms with Crippen LogP contribution < -0.4 is 0 Å². The Hall–Kier alpha value is -1.85. The van der Waals surface area contributed by atoms with Crippen molar-refractivity contribution >= 4 is 10.0 Å². The van der Waals surface area contributed by atoms with E-state index in [2.05, 4.69) is 12.1 Å². The summed E-state index contributed by atoms with van der Waals surface area (Å²) in [7, 11) is -3.58. The molecule has 0 atom stereocenters. The van der Waals surface area contributed by atoms with Crippen LogP contribution in [0.4, 0.5) is 0 Å². The Bertz CT molecular complexity index is 1080. The number of phenols is 1.